The second-order valence-electron chi connectivity index (χ2n) is 5.39. The van der Waals surface area contributed by atoms with E-state index in [0.717, 1.165) is 11.3 Å². The molecule has 2 rings (SSSR count). The second-order valence-corrected chi connectivity index (χ2v) is 5.39. The molecule has 128 valence electrons. The topological polar surface area (TPSA) is 59.6 Å². The third-order valence-corrected chi connectivity index (χ3v) is 3.63. The molecule has 6 heteroatoms. The van der Waals surface area contributed by atoms with Crippen LogP contribution in [0.4, 0.5) is 15.8 Å². The van der Waals surface area contributed by atoms with Gasteiger partial charge in [0.1, 0.15) is 5.82 Å². The summed E-state index contributed by atoms with van der Waals surface area (Å²) < 4.78 is 24.0. The monoisotopic (exact) mass is 332 g/mol. The maximum atomic E-state index is 13.5. The molecule has 0 saturated carbocycles. The third kappa shape index (κ3) is 4.16. The summed E-state index contributed by atoms with van der Waals surface area (Å²) in [5, 5.41) is 5.70. The van der Waals surface area contributed by atoms with E-state index in [2.05, 4.69) is 10.6 Å². The minimum Gasteiger partial charge on any atom is -0.493 e. The van der Waals surface area contributed by atoms with Crippen molar-refractivity contribution in [2.45, 2.75) is 13.8 Å². The largest absolute Gasteiger partial charge is 0.493 e. The molecule has 0 aliphatic carbocycles. The van der Waals surface area contributed by atoms with Crippen LogP contribution >= 0.6 is 0 Å². The van der Waals surface area contributed by atoms with Crippen LogP contribution in [0.5, 0.6) is 11.5 Å². The Bertz CT molecular complexity index is 747. The normalized spacial score (nSPS) is 10.2. The Labute approximate surface area is 140 Å². The summed E-state index contributed by atoms with van der Waals surface area (Å²) in [6.07, 6.45) is 0. The molecular formula is C18H21FN2O3. The molecule has 24 heavy (non-hydrogen) atoms. The molecule has 0 atom stereocenters. The van der Waals surface area contributed by atoms with Gasteiger partial charge >= 0.3 is 0 Å². The average Bonchev–Trinajstić information content (AvgIpc) is 2.56. The lowest BCUT2D eigenvalue weighted by molar-refractivity contribution is -0.114. The number of benzene rings is 2. The van der Waals surface area contributed by atoms with Crippen molar-refractivity contribution in [3.05, 3.63) is 47.3 Å². The van der Waals surface area contributed by atoms with Gasteiger partial charge in [-0.1, -0.05) is 6.07 Å². The predicted molar refractivity (Wildman–Crippen MR) is 92.5 cm³/mol. The van der Waals surface area contributed by atoms with Gasteiger partial charge < -0.3 is 20.1 Å². The fraction of sp³-hybridized carbons (Fsp3) is 0.278. The van der Waals surface area contributed by atoms with Gasteiger partial charge in [-0.15, -0.1) is 0 Å². The first-order valence-corrected chi connectivity index (χ1v) is 7.47. The van der Waals surface area contributed by atoms with Gasteiger partial charge in [0, 0.05) is 17.4 Å². The van der Waals surface area contributed by atoms with E-state index in [1.807, 2.05) is 13.0 Å². The molecule has 0 unspecified atom stereocenters. The lowest BCUT2D eigenvalue weighted by Gasteiger charge is -2.14. The van der Waals surface area contributed by atoms with Crippen LogP contribution in [0.2, 0.25) is 0 Å². The smallest absolute Gasteiger partial charge is 0.243 e. The van der Waals surface area contributed by atoms with Crippen LogP contribution in [0.1, 0.15) is 11.1 Å². The number of methoxy groups -OCH3 is 2. The maximum absolute atomic E-state index is 13.5. The number of ether oxygens (including phenoxy) is 2. The lowest BCUT2D eigenvalue weighted by Crippen LogP contribution is -2.22. The van der Waals surface area contributed by atoms with Crippen LogP contribution in [0.3, 0.4) is 0 Å². The molecule has 0 aromatic heterocycles. The van der Waals surface area contributed by atoms with Gasteiger partial charge in [0.15, 0.2) is 11.5 Å². The van der Waals surface area contributed by atoms with Gasteiger partial charge in [-0.25, -0.2) is 4.39 Å². The Morgan fingerprint density at radius 2 is 1.71 bits per heavy atom. The van der Waals surface area contributed by atoms with Crippen molar-refractivity contribution in [2.75, 3.05) is 31.4 Å². The zero-order valence-electron chi connectivity index (χ0n) is 14.2. The Hall–Kier alpha value is -2.76. The molecule has 0 bridgehead atoms. The summed E-state index contributed by atoms with van der Waals surface area (Å²) in [7, 11) is 3.12. The van der Waals surface area contributed by atoms with E-state index < -0.39 is 0 Å². The Morgan fingerprint density at radius 3 is 2.33 bits per heavy atom. The number of carbonyl (C=O) groups is 1. The first-order chi connectivity index (χ1) is 11.4. The number of nitrogens with one attached hydrogen (secondary N) is 2. The molecule has 1 amide bonds. The van der Waals surface area contributed by atoms with Crippen LogP contribution in [0, 0.1) is 19.7 Å². The van der Waals surface area contributed by atoms with Crippen LogP contribution < -0.4 is 20.1 Å². The standard InChI is InChI=1S/C18H21FN2O3/c1-11-5-6-13(8-14(11)19)21-18(22)10-20-15-9-17(24-4)16(23-3)7-12(15)2/h5-9,20H,10H2,1-4H3,(H,21,22). The molecule has 0 aliphatic heterocycles. The molecule has 5 nitrogen and oxygen atoms in total. The summed E-state index contributed by atoms with van der Waals surface area (Å²) in [5.74, 6) is 0.579. The Kier molecular flexibility index (Phi) is 5.63. The van der Waals surface area contributed by atoms with E-state index >= 15 is 0 Å². The van der Waals surface area contributed by atoms with E-state index in [9.17, 15) is 9.18 Å². The highest BCUT2D eigenvalue weighted by Gasteiger charge is 2.10. The molecule has 0 aliphatic rings. The van der Waals surface area contributed by atoms with E-state index in [1.54, 1.807) is 39.3 Å². The van der Waals surface area contributed by atoms with Crippen LogP contribution in [-0.4, -0.2) is 26.7 Å². The summed E-state index contributed by atoms with van der Waals surface area (Å²) in [6, 6.07) is 8.19. The highest BCUT2D eigenvalue weighted by molar-refractivity contribution is 5.93. The van der Waals surface area contributed by atoms with Crippen LogP contribution in [0.25, 0.3) is 0 Å². The molecule has 2 aromatic rings. The van der Waals surface area contributed by atoms with E-state index in [1.165, 1.54) is 6.07 Å². The van der Waals surface area contributed by atoms with Crippen molar-refractivity contribution >= 4 is 17.3 Å². The SMILES string of the molecule is COc1cc(C)c(NCC(=O)Nc2ccc(C)c(F)c2)cc1OC. The van der Waals surface area contributed by atoms with Crippen LogP contribution in [-0.2, 0) is 4.79 Å². The number of halogens is 1. The maximum Gasteiger partial charge on any atom is 0.243 e. The average molecular weight is 332 g/mol. The van der Waals surface area contributed by atoms with Gasteiger partial charge in [-0.2, -0.15) is 0 Å². The number of hydrogen-bond acceptors (Lipinski definition) is 4. The minimum atomic E-state index is -0.350. The zero-order valence-corrected chi connectivity index (χ0v) is 14.2. The Morgan fingerprint density at radius 1 is 1.04 bits per heavy atom. The van der Waals surface area contributed by atoms with Gasteiger partial charge in [0.05, 0.1) is 20.8 Å². The molecule has 0 spiro atoms. The van der Waals surface area contributed by atoms with Crippen molar-refractivity contribution in [3.8, 4) is 11.5 Å². The minimum absolute atomic E-state index is 0.0474. The van der Waals surface area contributed by atoms with Crippen LogP contribution in [0.15, 0.2) is 30.3 Å². The van der Waals surface area contributed by atoms with Gasteiger partial charge in [-0.3, -0.25) is 4.79 Å². The molecule has 0 fully saturated rings. The first kappa shape index (κ1) is 17.6. The molecule has 0 heterocycles. The van der Waals surface area contributed by atoms with E-state index in [4.69, 9.17) is 9.47 Å². The van der Waals surface area contributed by atoms with E-state index in [0.29, 0.717) is 22.7 Å². The van der Waals surface area contributed by atoms with Crippen molar-refractivity contribution in [1.82, 2.24) is 0 Å². The molecule has 2 N–H and O–H groups in total. The highest BCUT2D eigenvalue weighted by Crippen LogP contribution is 2.32. The summed E-state index contributed by atoms with van der Waals surface area (Å²) >= 11 is 0. The summed E-state index contributed by atoms with van der Waals surface area (Å²) in [4.78, 5) is 12.0. The van der Waals surface area contributed by atoms with Crippen molar-refractivity contribution in [1.29, 1.82) is 0 Å². The van der Waals surface area contributed by atoms with Gasteiger partial charge in [0.2, 0.25) is 5.91 Å². The fourth-order valence-corrected chi connectivity index (χ4v) is 2.22. The third-order valence-electron chi connectivity index (χ3n) is 3.63. The van der Waals surface area contributed by atoms with Gasteiger partial charge in [0.25, 0.3) is 0 Å². The number of amides is 1. The summed E-state index contributed by atoms with van der Waals surface area (Å²) in [5.41, 5.74) is 2.64. The quantitative estimate of drug-likeness (QED) is 0.850. The zero-order chi connectivity index (χ0) is 17.7. The van der Waals surface area contributed by atoms with E-state index in [-0.39, 0.29) is 18.3 Å². The highest BCUT2D eigenvalue weighted by atomic mass is 19.1. The second kappa shape index (κ2) is 7.68. The number of rotatable bonds is 6. The molecule has 2 aromatic carbocycles. The fourth-order valence-electron chi connectivity index (χ4n) is 2.22. The van der Waals surface area contributed by atoms with Gasteiger partial charge in [-0.05, 0) is 43.2 Å². The predicted octanol–water partition coefficient (Wildman–Crippen LogP) is 3.51. The van der Waals surface area contributed by atoms with Crippen molar-refractivity contribution in [3.63, 3.8) is 0 Å². The summed E-state index contributed by atoms with van der Waals surface area (Å²) in [6.45, 7) is 3.62. The molecule has 0 radical (unpaired) electrons. The van der Waals surface area contributed by atoms with Crippen molar-refractivity contribution < 1.29 is 18.7 Å². The lowest BCUT2D eigenvalue weighted by atomic mass is 10.1. The number of anilines is 2. The van der Waals surface area contributed by atoms with Crippen molar-refractivity contribution in [2.24, 2.45) is 0 Å². The number of hydrogen-bond donors (Lipinski definition) is 2. The Balaban J connectivity index is 2.02. The molecular weight excluding hydrogens is 311 g/mol. The molecule has 0 saturated heterocycles. The number of aryl methyl sites for hydroxylation is 2. The first-order valence-electron chi connectivity index (χ1n) is 7.47. The number of carbonyl (C=O) groups excluding carboxylic acids is 1.